The van der Waals surface area contributed by atoms with Crippen LogP contribution in [-0.4, -0.2) is 24.5 Å². The van der Waals surface area contributed by atoms with E-state index in [4.69, 9.17) is 10.5 Å². The summed E-state index contributed by atoms with van der Waals surface area (Å²) >= 11 is 0. The van der Waals surface area contributed by atoms with Crippen LogP contribution in [0.15, 0.2) is 0 Å². The fraction of sp³-hybridized carbons (Fsp3) is 0.889. The molecule has 0 aromatic heterocycles. The van der Waals surface area contributed by atoms with E-state index in [0.717, 1.165) is 0 Å². The Bertz CT molecular complexity index is 189. The lowest BCUT2D eigenvalue weighted by Crippen LogP contribution is -2.63. The lowest BCUT2D eigenvalue weighted by molar-refractivity contribution is -0.142. The van der Waals surface area contributed by atoms with Gasteiger partial charge < -0.3 is 10.5 Å². The van der Waals surface area contributed by atoms with E-state index < -0.39 is 5.54 Å². The predicted molar refractivity (Wildman–Crippen MR) is 46.8 cm³/mol. The quantitative estimate of drug-likeness (QED) is 0.666. The van der Waals surface area contributed by atoms with Gasteiger partial charge in [-0.15, -0.1) is 0 Å². The van der Waals surface area contributed by atoms with Gasteiger partial charge in [-0.1, -0.05) is 20.8 Å². The first-order valence-electron chi connectivity index (χ1n) is 4.23. The molecule has 3 heteroatoms. The molecule has 0 unspecified atom stereocenters. The summed E-state index contributed by atoms with van der Waals surface area (Å²) in [4.78, 5) is 11.6. The molecule has 0 bridgehead atoms. The summed E-state index contributed by atoms with van der Waals surface area (Å²) in [5.41, 5.74) is 5.13. The van der Waals surface area contributed by atoms with Gasteiger partial charge in [-0.2, -0.15) is 0 Å². The molecule has 1 heterocycles. The fourth-order valence-electron chi connectivity index (χ4n) is 1.14. The number of ether oxygens (including phenoxy) is 1. The second-order valence-corrected chi connectivity index (χ2v) is 4.81. The first-order valence-corrected chi connectivity index (χ1v) is 4.23. The smallest absolute Gasteiger partial charge is 0.157 e. The van der Waals surface area contributed by atoms with Gasteiger partial charge in [0, 0.05) is 6.42 Å². The zero-order valence-electron chi connectivity index (χ0n) is 8.02. The van der Waals surface area contributed by atoms with Crippen LogP contribution in [0.1, 0.15) is 27.2 Å². The van der Waals surface area contributed by atoms with E-state index in [-0.39, 0.29) is 11.2 Å². The number of hydrogen-bond donors (Lipinski definition) is 1. The Labute approximate surface area is 73.3 Å². The third kappa shape index (κ3) is 2.05. The minimum Gasteiger partial charge on any atom is -0.376 e. The molecule has 1 saturated heterocycles. The normalized spacial score (nSPS) is 21.7. The molecule has 0 aromatic rings. The number of nitrogens with two attached hydrogens (primary N) is 1. The van der Waals surface area contributed by atoms with Crippen LogP contribution in [0.4, 0.5) is 0 Å². The van der Waals surface area contributed by atoms with Gasteiger partial charge >= 0.3 is 0 Å². The van der Waals surface area contributed by atoms with Crippen LogP contribution in [0.2, 0.25) is 0 Å². The summed E-state index contributed by atoms with van der Waals surface area (Å²) in [7, 11) is 0. The molecule has 0 saturated carbocycles. The zero-order valence-corrected chi connectivity index (χ0v) is 8.02. The molecule has 0 radical (unpaired) electrons. The molecule has 1 fully saturated rings. The van der Waals surface area contributed by atoms with E-state index in [9.17, 15) is 4.79 Å². The lowest BCUT2D eigenvalue weighted by atomic mass is 9.81. The molecule has 1 aliphatic heterocycles. The highest BCUT2D eigenvalue weighted by Crippen LogP contribution is 2.25. The zero-order chi connectivity index (χ0) is 9.41. The topological polar surface area (TPSA) is 52.3 Å². The minimum atomic E-state index is -0.673. The summed E-state index contributed by atoms with van der Waals surface area (Å²) in [6.07, 6.45) is 0.535. The average Bonchev–Trinajstić information content (AvgIpc) is 1.78. The van der Waals surface area contributed by atoms with Crippen molar-refractivity contribution in [2.24, 2.45) is 11.1 Å². The van der Waals surface area contributed by atoms with Crippen molar-refractivity contribution in [2.45, 2.75) is 32.7 Å². The summed E-state index contributed by atoms with van der Waals surface area (Å²) < 4.78 is 4.93. The molecular formula is C9H17NO2. The second-order valence-electron chi connectivity index (χ2n) is 4.81. The maximum absolute atomic E-state index is 11.6. The fourth-order valence-corrected chi connectivity index (χ4v) is 1.14. The van der Waals surface area contributed by atoms with Crippen molar-refractivity contribution >= 4 is 5.78 Å². The van der Waals surface area contributed by atoms with Crippen LogP contribution in [0.3, 0.4) is 0 Å². The highest BCUT2D eigenvalue weighted by Gasteiger charge is 2.42. The van der Waals surface area contributed by atoms with Crippen molar-refractivity contribution < 1.29 is 9.53 Å². The third-order valence-corrected chi connectivity index (χ3v) is 1.97. The van der Waals surface area contributed by atoms with Crippen LogP contribution in [-0.2, 0) is 9.53 Å². The molecule has 3 nitrogen and oxygen atoms in total. The highest BCUT2D eigenvalue weighted by atomic mass is 16.5. The largest absolute Gasteiger partial charge is 0.376 e. The van der Waals surface area contributed by atoms with Gasteiger partial charge in [0.25, 0.3) is 0 Å². The average molecular weight is 171 g/mol. The second kappa shape index (κ2) is 2.82. The summed E-state index contributed by atoms with van der Waals surface area (Å²) in [5, 5.41) is 0. The molecule has 0 amide bonds. The van der Waals surface area contributed by atoms with Crippen LogP contribution < -0.4 is 5.73 Å². The Hall–Kier alpha value is -0.410. The standard InChI is InChI=1S/C9H17NO2/c1-8(2,3)4-7(11)9(10)5-12-6-9/h4-6,10H2,1-3H3. The minimum absolute atomic E-state index is 0.0268. The molecule has 0 spiro atoms. The van der Waals surface area contributed by atoms with E-state index >= 15 is 0 Å². The summed E-state index contributed by atoms with van der Waals surface area (Å²) in [6, 6.07) is 0. The Kier molecular flexibility index (Phi) is 2.27. The van der Waals surface area contributed by atoms with Crippen LogP contribution in [0.5, 0.6) is 0 Å². The number of ketones is 1. The monoisotopic (exact) mass is 171 g/mol. The van der Waals surface area contributed by atoms with Gasteiger partial charge in [0.2, 0.25) is 0 Å². The third-order valence-electron chi connectivity index (χ3n) is 1.97. The predicted octanol–water partition coefficient (Wildman–Crippen LogP) is 0.719. The van der Waals surface area contributed by atoms with Gasteiger partial charge in [-0.25, -0.2) is 0 Å². The van der Waals surface area contributed by atoms with Crippen molar-refractivity contribution in [1.82, 2.24) is 0 Å². The summed E-state index contributed by atoms with van der Waals surface area (Å²) in [6.45, 7) is 6.89. The van der Waals surface area contributed by atoms with Gasteiger partial charge in [0.15, 0.2) is 5.78 Å². The number of carbonyl (C=O) groups excluding carboxylic acids is 1. The van der Waals surface area contributed by atoms with Crippen molar-refractivity contribution in [3.05, 3.63) is 0 Å². The van der Waals surface area contributed by atoms with Crippen LogP contribution in [0.25, 0.3) is 0 Å². The summed E-state index contributed by atoms with van der Waals surface area (Å²) in [5.74, 6) is 0.126. The molecule has 1 rings (SSSR count). The molecule has 0 aromatic carbocycles. The first-order chi connectivity index (χ1) is 5.33. The van der Waals surface area contributed by atoms with Gasteiger partial charge in [-0.05, 0) is 5.41 Å². The molecule has 12 heavy (non-hydrogen) atoms. The van der Waals surface area contributed by atoms with Gasteiger partial charge in [0.05, 0.1) is 13.2 Å². The maximum Gasteiger partial charge on any atom is 0.157 e. The van der Waals surface area contributed by atoms with E-state index in [0.29, 0.717) is 19.6 Å². The van der Waals surface area contributed by atoms with E-state index in [2.05, 4.69) is 0 Å². The highest BCUT2D eigenvalue weighted by molar-refractivity contribution is 5.89. The molecule has 0 aliphatic carbocycles. The van der Waals surface area contributed by atoms with Crippen molar-refractivity contribution in [2.75, 3.05) is 13.2 Å². The number of carbonyl (C=O) groups is 1. The van der Waals surface area contributed by atoms with Crippen LogP contribution >= 0.6 is 0 Å². The van der Waals surface area contributed by atoms with Crippen molar-refractivity contribution in [3.63, 3.8) is 0 Å². The number of Topliss-reactive ketones (excluding diaryl/α,β-unsaturated/α-hetero) is 1. The lowest BCUT2D eigenvalue weighted by Gasteiger charge is -2.37. The van der Waals surface area contributed by atoms with E-state index in [1.165, 1.54) is 0 Å². The molecule has 0 atom stereocenters. The Morgan fingerprint density at radius 3 is 2.25 bits per heavy atom. The first kappa shape index (κ1) is 9.68. The van der Waals surface area contributed by atoms with Gasteiger partial charge in [0.1, 0.15) is 5.54 Å². The molecule has 2 N–H and O–H groups in total. The van der Waals surface area contributed by atoms with Crippen LogP contribution in [0, 0.1) is 5.41 Å². The van der Waals surface area contributed by atoms with Crippen molar-refractivity contribution in [1.29, 1.82) is 0 Å². The van der Waals surface area contributed by atoms with E-state index in [1.54, 1.807) is 0 Å². The van der Waals surface area contributed by atoms with E-state index in [1.807, 2.05) is 20.8 Å². The molecule has 1 aliphatic rings. The number of rotatable bonds is 2. The van der Waals surface area contributed by atoms with Crippen molar-refractivity contribution in [3.8, 4) is 0 Å². The molecule has 70 valence electrons. The Morgan fingerprint density at radius 1 is 1.50 bits per heavy atom. The van der Waals surface area contributed by atoms with Gasteiger partial charge in [-0.3, -0.25) is 4.79 Å². The SMILES string of the molecule is CC(C)(C)CC(=O)C1(N)COC1. The maximum atomic E-state index is 11.6. The number of hydrogen-bond acceptors (Lipinski definition) is 3. The Balaban J connectivity index is 2.49. The molecular weight excluding hydrogens is 154 g/mol. The Morgan fingerprint density at radius 2 is 2.00 bits per heavy atom.